The molecule has 2 heterocycles. The van der Waals surface area contributed by atoms with Crippen LogP contribution < -0.4 is 5.32 Å². The number of rotatable bonds is 7. The van der Waals surface area contributed by atoms with E-state index in [0.29, 0.717) is 30.8 Å². The Morgan fingerprint density at radius 1 is 1.19 bits per heavy atom. The van der Waals surface area contributed by atoms with Crippen LogP contribution in [0.4, 0.5) is 0 Å². The van der Waals surface area contributed by atoms with E-state index in [1.807, 2.05) is 41.3 Å². The number of nitrogens with zero attached hydrogens (tertiary/aromatic N) is 2. The van der Waals surface area contributed by atoms with Crippen molar-refractivity contribution in [3.8, 4) is 0 Å². The Balaban J connectivity index is 1.60. The molecule has 1 aliphatic rings. The van der Waals surface area contributed by atoms with Crippen molar-refractivity contribution in [3.05, 3.63) is 64.9 Å². The van der Waals surface area contributed by atoms with E-state index in [0.717, 1.165) is 30.5 Å². The number of carbonyl (C=O) groups excluding carboxylic acids is 2. The standard InChI is InChI=1S/C21H24ClN3O2/c22-18-10-8-16(9-11-18)21(17-5-3-12-23-15-17)24-19(26)6-4-14-25-13-2-1-7-20(25)27/h3,5,8-12,15,21H,1-2,4,6-7,13-14H2,(H,24,26). The van der Waals surface area contributed by atoms with Crippen molar-refractivity contribution < 1.29 is 9.59 Å². The summed E-state index contributed by atoms with van der Waals surface area (Å²) in [5, 5.41) is 3.75. The molecule has 0 saturated carbocycles. The second kappa shape index (κ2) is 9.51. The van der Waals surface area contributed by atoms with Crippen LogP contribution >= 0.6 is 11.6 Å². The van der Waals surface area contributed by atoms with Crippen molar-refractivity contribution in [3.63, 3.8) is 0 Å². The normalized spacial score (nSPS) is 15.4. The molecule has 1 aromatic carbocycles. The van der Waals surface area contributed by atoms with Crippen molar-refractivity contribution in [1.82, 2.24) is 15.2 Å². The Hall–Kier alpha value is -2.40. The fourth-order valence-electron chi connectivity index (χ4n) is 3.32. The highest BCUT2D eigenvalue weighted by Crippen LogP contribution is 2.23. The summed E-state index contributed by atoms with van der Waals surface area (Å²) in [7, 11) is 0. The maximum Gasteiger partial charge on any atom is 0.222 e. The fraction of sp³-hybridized carbons (Fsp3) is 0.381. The molecule has 27 heavy (non-hydrogen) atoms. The molecule has 0 radical (unpaired) electrons. The zero-order valence-electron chi connectivity index (χ0n) is 15.2. The maximum atomic E-state index is 12.5. The Bertz CT molecular complexity index is 765. The maximum absolute atomic E-state index is 12.5. The number of hydrogen-bond acceptors (Lipinski definition) is 3. The summed E-state index contributed by atoms with van der Waals surface area (Å²) in [6.45, 7) is 1.45. The average molecular weight is 386 g/mol. The van der Waals surface area contributed by atoms with E-state index in [9.17, 15) is 9.59 Å². The van der Waals surface area contributed by atoms with Gasteiger partial charge in [0.1, 0.15) is 0 Å². The van der Waals surface area contributed by atoms with Crippen LogP contribution in [0.3, 0.4) is 0 Å². The molecule has 3 rings (SSSR count). The molecule has 0 aliphatic carbocycles. The first kappa shape index (κ1) is 19.4. The number of carbonyl (C=O) groups is 2. The molecule has 1 aromatic heterocycles. The minimum absolute atomic E-state index is 0.0386. The second-order valence-electron chi connectivity index (χ2n) is 6.78. The predicted molar refractivity (Wildman–Crippen MR) is 105 cm³/mol. The van der Waals surface area contributed by atoms with Crippen LogP contribution in [-0.4, -0.2) is 34.8 Å². The number of benzene rings is 1. The molecular weight excluding hydrogens is 362 g/mol. The van der Waals surface area contributed by atoms with Crippen LogP contribution in [0, 0.1) is 0 Å². The van der Waals surface area contributed by atoms with Crippen LogP contribution in [-0.2, 0) is 9.59 Å². The van der Waals surface area contributed by atoms with Crippen LogP contribution in [0.2, 0.25) is 5.02 Å². The van der Waals surface area contributed by atoms with E-state index in [1.54, 1.807) is 12.4 Å². The molecule has 2 amide bonds. The van der Waals surface area contributed by atoms with Gasteiger partial charge in [0.25, 0.3) is 0 Å². The molecule has 1 atom stereocenters. The number of piperidine rings is 1. The number of aromatic nitrogens is 1. The first-order valence-electron chi connectivity index (χ1n) is 9.36. The third-order valence-corrected chi connectivity index (χ3v) is 5.03. The molecule has 1 N–H and O–H groups in total. The summed E-state index contributed by atoms with van der Waals surface area (Å²) in [4.78, 5) is 30.4. The number of nitrogens with one attached hydrogen (secondary N) is 1. The molecule has 6 heteroatoms. The van der Waals surface area contributed by atoms with Gasteiger partial charge in [-0.1, -0.05) is 29.8 Å². The highest BCUT2D eigenvalue weighted by molar-refractivity contribution is 6.30. The van der Waals surface area contributed by atoms with Crippen LogP contribution in [0.25, 0.3) is 0 Å². The van der Waals surface area contributed by atoms with Gasteiger partial charge in [0.2, 0.25) is 11.8 Å². The lowest BCUT2D eigenvalue weighted by Crippen LogP contribution is -2.36. The van der Waals surface area contributed by atoms with E-state index in [1.165, 1.54) is 0 Å². The molecule has 1 saturated heterocycles. The lowest BCUT2D eigenvalue weighted by Gasteiger charge is -2.26. The van der Waals surface area contributed by atoms with Gasteiger partial charge in [-0.25, -0.2) is 0 Å². The third kappa shape index (κ3) is 5.54. The van der Waals surface area contributed by atoms with Crippen LogP contribution in [0.5, 0.6) is 0 Å². The van der Waals surface area contributed by atoms with Crippen molar-refractivity contribution >= 4 is 23.4 Å². The molecule has 142 valence electrons. The molecule has 0 spiro atoms. The van der Waals surface area contributed by atoms with Gasteiger partial charge >= 0.3 is 0 Å². The SMILES string of the molecule is O=C(CCCN1CCCCC1=O)NC(c1ccc(Cl)cc1)c1cccnc1. The van der Waals surface area contributed by atoms with Gasteiger partial charge in [-0.2, -0.15) is 0 Å². The summed E-state index contributed by atoms with van der Waals surface area (Å²) in [5.41, 5.74) is 1.87. The molecule has 5 nitrogen and oxygen atoms in total. The van der Waals surface area contributed by atoms with Gasteiger partial charge in [-0.15, -0.1) is 0 Å². The Labute approximate surface area is 164 Å². The molecular formula is C21H24ClN3O2. The summed E-state index contributed by atoms with van der Waals surface area (Å²) >= 11 is 5.99. The first-order chi connectivity index (χ1) is 13.1. The van der Waals surface area contributed by atoms with Crippen LogP contribution in [0.15, 0.2) is 48.8 Å². The van der Waals surface area contributed by atoms with Crippen molar-refractivity contribution in [2.24, 2.45) is 0 Å². The van der Waals surface area contributed by atoms with E-state index in [2.05, 4.69) is 10.3 Å². The Morgan fingerprint density at radius 2 is 2.00 bits per heavy atom. The molecule has 2 aromatic rings. The topological polar surface area (TPSA) is 62.3 Å². The van der Waals surface area contributed by atoms with Crippen molar-refractivity contribution in [2.45, 2.75) is 38.1 Å². The fourth-order valence-corrected chi connectivity index (χ4v) is 3.45. The predicted octanol–water partition coefficient (Wildman–Crippen LogP) is 3.73. The first-order valence-corrected chi connectivity index (χ1v) is 9.74. The third-order valence-electron chi connectivity index (χ3n) is 4.78. The summed E-state index contributed by atoms with van der Waals surface area (Å²) in [6, 6.07) is 11.0. The quantitative estimate of drug-likeness (QED) is 0.789. The summed E-state index contributed by atoms with van der Waals surface area (Å²) < 4.78 is 0. The van der Waals surface area contributed by atoms with Gasteiger partial charge in [-0.3, -0.25) is 14.6 Å². The highest BCUT2D eigenvalue weighted by atomic mass is 35.5. The molecule has 1 aliphatic heterocycles. The van der Waals surface area contributed by atoms with Gasteiger partial charge in [0, 0.05) is 43.3 Å². The largest absolute Gasteiger partial charge is 0.345 e. The van der Waals surface area contributed by atoms with Gasteiger partial charge in [0.05, 0.1) is 6.04 Å². The van der Waals surface area contributed by atoms with Crippen molar-refractivity contribution in [2.75, 3.05) is 13.1 Å². The Morgan fingerprint density at radius 3 is 2.70 bits per heavy atom. The van der Waals surface area contributed by atoms with E-state index in [4.69, 9.17) is 11.6 Å². The summed E-state index contributed by atoms with van der Waals surface area (Å²) in [5.74, 6) is 0.166. The minimum atomic E-state index is -0.278. The smallest absolute Gasteiger partial charge is 0.222 e. The lowest BCUT2D eigenvalue weighted by atomic mass is 10.00. The number of amides is 2. The average Bonchev–Trinajstić information content (AvgIpc) is 2.69. The zero-order chi connectivity index (χ0) is 19.1. The number of halogens is 1. The minimum Gasteiger partial charge on any atom is -0.345 e. The van der Waals surface area contributed by atoms with E-state index >= 15 is 0 Å². The van der Waals surface area contributed by atoms with Crippen molar-refractivity contribution in [1.29, 1.82) is 0 Å². The van der Waals surface area contributed by atoms with E-state index in [-0.39, 0.29) is 17.9 Å². The number of pyridine rings is 1. The molecule has 1 fully saturated rings. The number of likely N-dealkylation sites (tertiary alicyclic amines) is 1. The second-order valence-corrected chi connectivity index (χ2v) is 7.22. The Kier molecular flexibility index (Phi) is 6.82. The number of hydrogen-bond donors (Lipinski definition) is 1. The van der Waals surface area contributed by atoms with E-state index < -0.39 is 0 Å². The van der Waals surface area contributed by atoms with Gasteiger partial charge in [-0.05, 0) is 48.6 Å². The molecule has 1 unspecified atom stereocenters. The van der Waals surface area contributed by atoms with Gasteiger partial charge in [0.15, 0.2) is 0 Å². The van der Waals surface area contributed by atoms with Crippen LogP contribution in [0.1, 0.15) is 49.3 Å². The summed E-state index contributed by atoms with van der Waals surface area (Å²) in [6.07, 6.45) is 7.17. The monoisotopic (exact) mass is 385 g/mol. The highest BCUT2D eigenvalue weighted by Gasteiger charge is 2.19. The molecule has 0 bridgehead atoms. The van der Waals surface area contributed by atoms with Gasteiger partial charge < -0.3 is 10.2 Å². The zero-order valence-corrected chi connectivity index (χ0v) is 16.0. The lowest BCUT2D eigenvalue weighted by molar-refractivity contribution is -0.133.